The van der Waals surface area contributed by atoms with Crippen molar-refractivity contribution in [2.75, 3.05) is 0 Å². The molecule has 136 valence electrons. The smallest absolute Gasteiger partial charge is 0.311 e. The van der Waals surface area contributed by atoms with E-state index in [0.29, 0.717) is 11.5 Å². The third kappa shape index (κ3) is 3.48. The number of hydrogen-bond donors (Lipinski definition) is 1. The Balaban J connectivity index is 1.90. The van der Waals surface area contributed by atoms with Crippen molar-refractivity contribution in [1.82, 2.24) is 0 Å². The van der Waals surface area contributed by atoms with Gasteiger partial charge < -0.3 is 14.3 Å². The van der Waals surface area contributed by atoms with E-state index in [4.69, 9.17) is 14.3 Å². The largest absolute Gasteiger partial charge is 0.487 e. The van der Waals surface area contributed by atoms with Gasteiger partial charge in [0.15, 0.2) is 5.76 Å². The minimum Gasteiger partial charge on any atom is -0.487 e. The summed E-state index contributed by atoms with van der Waals surface area (Å²) in [6.07, 6.45) is 0.787. The summed E-state index contributed by atoms with van der Waals surface area (Å²) in [5.41, 5.74) is 2.93. The lowest BCUT2D eigenvalue weighted by atomic mass is 9.70. The molecule has 1 aromatic carbocycles. The molecule has 1 N–H and O–H groups in total. The molecule has 0 radical (unpaired) electrons. The molecular weight excluding hydrogens is 328 g/mol. The Morgan fingerprint density at radius 2 is 1.92 bits per heavy atom. The van der Waals surface area contributed by atoms with Crippen molar-refractivity contribution in [2.45, 2.75) is 53.1 Å². The number of carboxylic acid groups (broad SMARTS) is 1. The zero-order chi connectivity index (χ0) is 19.1. The van der Waals surface area contributed by atoms with Crippen molar-refractivity contribution in [3.8, 4) is 17.6 Å². The van der Waals surface area contributed by atoms with E-state index < -0.39 is 5.97 Å². The number of benzene rings is 1. The van der Waals surface area contributed by atoms with Gasteiger partial charge in [-0.3, -0.25) is 4.79 Å². The first-order valence-electron chi connectivity index (χ1n) is 8.72. The lowest BCUT2D eigenvalue weighted by Gasteiger charge is -2.46. The average molecular weight is 352 g/mol. The molecule has 3 rings (SSSR count). The standard InChI is InChI=1S/C22H24O4/c1-14-10-19-16(13-21(2,3)22(4,5)26-19)11-15(14)6-7-17-8-9-18(25-17)12-20(23)24/h8-11H,12-13H2,1-5H3,(H,23,24). The van der Waals surface area contributed by atoms with Gasteiger partial charge in [-0.15, -0.1) is 0 Å². The molecule has 2 aromatic rings. The molecule has 0 unspecified atom stereocenters. The zero-order valence-corrected chi connectivity index (χ0v) is 15.9. The molecule has 0 saturated heterocycles. The number of aliphatic carboxylic acids is 1. The van der Waals surface area contributed by atoms with Crippen molar-refractivity contribution < 1.29 is 19.1 Å². The fraction of sp³-hybridized carbons (Fsp3) is 0.409. The highest BCUT2D eigenvalue weighted by atomic mass is 16.5. The minimum absolute atomic E-state index is 0.0205. The fourth-order valence-electron chi connectivity index (χ4n) is 3.01. The van der Waals surface area contributed by atoms with Crippen LogP contribution in [-0.2, 0) is 17.6 Å². The molecule has 0 fully saturated rings. The normalized spacial score (nSPS) is 16.8. The van der Waals surface area contributed by atoms with E-state index in [1.54, 1.807) is 12.1 Å². The summed E-state index contributed by atoms with van der Waals surface area (Å²) in [4.78, 5) is 10.7. The van der Waals surface area contributed by atoms with Gasteiger partial charge in [-0.05, 0) is 68.5 Å². The minimum atomic E-state index is -0.921. The topological polar surface area (TPSA) is 59.7 Å². The van der Waals surface area contributed by atoms with E-state index in [0.717, 1.165) is 28.9 Å². The molecule has 0 atom stereocenters. The predicted molar refractivity (Wildman–Crippen MR) is 99.4 cm³/mol. The zero-order valence-electron chi connectivity index (χ0n) is 15.9. The first kappa shape index (κ1) is 18.1. The molecule has 1 aliphatic rings. The van der Waals surface area contributed by atoms with Crippen molar-refractivity contribution in [3.05, 3.63) is 52.5 Å². The van der Waals surface area contributed by atoms with Gasteiger partial charge in [0.05, 0.1) is 0 Å². The maximum absolute atomic E-state index is 10.7. The maximum atomic E-state index is 10.7. The first-order chi connectivity index (χ1) is 12.1. The Hall–Kier alpha value is -2.67. The van der Waals surface area contributed by atoms with Gasteiger partial charge in [0.1, 0.15) is 23.5 Å². The van der Waals surface area contributed by atoms with Crippen molar-refractivity contribution in [3.63, 3.8) is 0 Å². The Morgan fingerprint density at radius 3 is 2.62 bits per heavy atom. The molecule has 0 bridgehead atoms. The van der Waals surface area contributed by atoms with Gasteiger partial charge in [-0.2, -0.15) is 0 Å². The Bertz CT molecular complexity index is 919. The maximum Gasteiger partial charge on any atom is 0.311 e. The van der Waals surface area contributed by atoms with Crippen LogP contribution in [-0.4, -0.2) is 16.7 Å². The fourth-order valence-corrected chi connectivity index (χ4v) is 3.01. The second kappa shape index (κ2) is 6.25. The van der Waals surface area contributed by atoms with Crippen LogP contribution < -0.4 is 4.74 Å². The molecule has 4 nitrogen and oxygen atoms in total. The summed E-state index contributed by atoms with van der Waals surface area (Å²) in [6.45, 7) is 10.7. The van der Waals surface area contributed by atoms with Crippen LogP contribution in [0.25, 0.3) is 0 Å². The summed E-state index contributed by atoms with van der Waals surface area (Å²) in [7, 11) is 0. The molecule has 0 aliphatic carbocycles. The van der Waals surface area contributed by atoms with Crippen LogP contribution in [0.15, 0.2) is 28.7 Å². The van der Waals surface area contributed by atoms with Crippen LogP contribution in [0, 0.1) is 24.2 Å². The SMILES string of the molecule is Cc1cc2c(cc1C#Cc1ccc(CC(=O)O)o1)CC(C)(C)C(C)(C)O2. The van der Waals surface area contributed by atoms with Crippen LogP contribution in [0.2, 0.25) is 0 Å². The second-order valence-corrected chi connectivity index (χ2v) is 8.03. The lowest BCUT2D eigenvalue weighted by Crippen LogP contribution is -2.48. The molecule has 4 heteroatoms. The van der Waals surface area contributed by atoms with Gasteiger partial charge in [0.25, 0.3) is 0 Å². The van der Waals surface area contributed by atoms with Gasteiger partial charge in [0, 0.05) is 11.0 Å². The van der Waals surface area contributed by atoms with Crippen molar-refractivity contribution in [1.29, 1.82) is 0 Å². The number of furan rings is 1. The molecule has 1 aliphatic heterocycles. The predicted octanol–water partition coefficient (Wildman–Crippen LogP) is 4.35. The quantitative estimate of drug-likeness (QED) is 0.816. The van der Waals surface area contributed by atoms with E-state index >= 15 is 0 Å². The molecule has 1 aromatic heterocycles. The van der Waals surface area contributed by atoms with E-state index in [2.05, 4.69) is 45.6 Å². The molecule has 0 spiro atoms. The first-order valence-corrected chi connectivity index (χ1v) is 8.72. The Morgan fingerprint density at radius 1 is 1.19 bits per heavy atom. The number of aryl methyl sites for hydroxylation is 1. The lowest BCUT2D eigenvalue weighted by molar-refractivity contribution is -0.136. The second-order valence-electron chi connectivity index (χ2n) is 8.03. The molecule has 0 saturated carbocycles. The summed E-state index contributed by atoms with van der Waals surface area (Å²) >= 11 is 0. The third-order valence-electron chi connectivity index (χ3n) is 5.34. The molecule has 26 heavy (non-hydrogen) atoms. The third-order valence-corrected chi connectivity index (χ3v) is 5.34. The van der Waals surface area contributed by atoms with Crippen LogP contribution in [0.4, 0.5) is 0 Å². The van der Waals surface area contributed by atoms with Crippen LogP contribution in [0.3, 0.4) is 0 Å². The highest BCUT2D eigenvalue weighted by Crippen LogP contribution is 2.45. The summed E-state index contributed by atoms with van der Waals surface area (Å²) in [5, 5.41) is 8.80. The monoisotopic (exact) mass is 352 g/mol. The molecule has 2 heterocycles. The molecule has 0 amide bonds. The number of fused-ring (bicyclic) bond motifs is 1. The summed E-state index contributed by atoms with van der Waals surface area (Å²) < 4.78 is 11.7. The van der Waals surface area contributed by atoms with Gasteiger partial charge in [0.2, 0.25) is 0 Å². The van der Waals surface area contributed by atoms with E-state index in [1.807, 2.05) is 13.0 Å². The number of carboxylic acids is 1. The van der Waals surface area contributed by atoms with Crippen molar-refractivity contribution >= 4 is 5.97 Å². The van der Waals surface area contributed by atoms with Crippen LogP contribution in [0.5, 0.6) is 5.75 Å². The van der Waals surface area contributed by atoms with E-state index in [1.165, 1.54) is 0 Å². The van der Waals surface area contributed by atoms with E-state index in [9.17, 15) is 4.79 Å². The van der Waals surface area contributed by atoms with Gasteiger partial charge in [-0.25, -0.2) is 0 Å². The highest BCUT2D eigenvalue weighted by Gasteiger charge is 2.43. The number of carbonyl (C=O) groups is 1. The van der Waals surface area contributed by atoms with Crippen LogP contribution in [0.1, 0.15) is 55.9 Å². The number of rotatable bonds is 2. The average Bonchev–Trinajstić information content (AvgIpc) is 2.93. The number of ether oxygens (including phenoxy) is 1. The van der Waals surface area contributed by atoms with Gasteiger partial charge in [-0.1, -0.05) is 19.8 Å². The van der Waals surface area contributed by atoms with Crippen molar-refractivity contribution in [2.24, 2.45) is 5.41 Å². The Labute approximate surface area is 154 Å². The summed E-state index contributed by atoms with van der Waals surface area (Å²) in [6, 6.07) is 7.49. The summed E-state index contributed by atoms with van der Waals surface area (Å²) in [5.74, 6) is 7.02. The van der Waals surface area contributed by atoms with Crippen LogP contribution >= 0.6 is 0 Å². The molecular formula is C22H24O4. The Kier molecular flexibility index (Phi) is 4.36. The van der Waals surface area contributed by atoms with E-state index in [-0.39, 0.29) is 17.4 Å². The van der Waals surface area contributed by atoms with Gasteiger partial charge >= 0.3 is 5.97 Å². The number of hydrogen-bond acceptors (Lipinski definition) is 3. The highest BCUT2D eigenvalue weighted by molar-refractivity contribution is 5.69.